The van der Waals surface area contributed by atoms with E-state index in [2.05, 4.69) is 15.2 Å². The van der Waals surface area contributed by atoms with Crippen LogP contribution < -0.4 is 15.9 Å². The van der Waals surface area contributed by atoms with E-state index in [1.165, 1.54) is 6.07 Å². The van der Waals surface area contributed by atoms with Crippen LogP contribution in [0.2, 0.25) is 0 Å². The number of nitrogen functional groups attached to an aromatic ring is 1. The Labute approximate surface area is 120 Å². The maximum absolute atomic E-state index is 12.0. The lowest BCUT2D eigenvalue weighted by Gasteiger charge is -2.05. The Kier molecular flexibility index (Phi) is 3.19. The lowest BCUT2D eigenvalue weighted by Crippen LogP contribution is -2.03. The van der Waals surface area contributed by atoms with Crippen molar-refractivity contribution in [3.63, 3.8) is 0 Å². The van der Waals surface area contributed by atoms with Gasteiger partial charge in [-0.3, -0.25) is 9.89 Å². The van der Waals surface area contributed by atoms with Gasteiger partial charge in [0.15, 0.2) is 11.2 Å². The van der Waals surface area contributed by atoms with Gasteiger partial charge in [-0.25, -0.2) is 0 Å². The van der Waals surface area contributed by atoms with Crippen molar-refractivity contribution in [3.8, 4) is 28.1 Å². The van der Waals surface area contributed by atoms with Crippen LogP contribution in [0.25, 0.3) is 22.4 Å². The second-order valence-electron chi connectivity index (χ2n) is 4.51. The largest absolute Gasteiger partial charge is 0.497 e. The molecule has 3 aromatic rings. The molecule has 0 saturated heterocycles. The topological polar surface area (TPSA) is 96.8 Å². The molecule has 0 aliphatic heterocycles. The zero-order valence-electron chi connectivity index (χ0n) is 11.4. The number of anilines is 1. The summed E-state index contributed by atoms with van der Waals surface area (Å²) in [5, 5.41) is 6.85. The molecular formula is C15H14N4O2. The van der Waals surface area contributed by atoms with Crippen LogP contribution in [0.15, 0.2) is 47.5 Å². The lowest BCUT2D eigenvalue weighted by atomic mass is 10.0. The third kappa shape index (κ3) is 2.27. The van der Waals surface area contributed by atoms with Crippen molar-refractivity contribution in [2.75, 3.05) is 12.8 Å². The van der Waals surface area contributed by atoms with Crippen LogP contribution in [0, 0.1) is 0 Å². The molecule has 0 unspecified atom stereocenters. The maximum atomic E-state index is 12.0. The summed E-state index contributed by atoms with van der Waals surface area (Å²) in [5.74, 6) is 1.10. The van der Waals surface area contributed by atoms with Gasteiger partial charge in [0, 0.05) is 18.5 Å². The number of aromatic amines is 2. The van der Waals surface area contributed by atoms with Gasteiger partial charge in [0.2, 0.25) is 0 Å². The van der Waals surface area contributed by atoms with Crippen molar-refractivity contribution in [1.29, 1.82) is 0 Å². The second kappa shape index (κ2) is 5.16. The summed E-state index contributed by atoms with van der Waals surface area (Å²) in [7, 11) is 1.61. The zero-order chi connectivity index (χ0) is 14.8. The van der Waals surface area contributed by atoms with E-state index in [0.717, 1.165) is 11.3 Å². The summed E-state index contributed by atoms with van der Waals surface area (Å²) in [5.41, 5.74) is 8.50. The first kappa shape index (κ1) is 13.0. The first-order chi connectivity index (χ1) is 10.2. The molecule has 4 N–H and O–H groups in total. The average molecular weight is 282 g/mol. The van der Waals surface area contributed by atoms with Gasteiger partial charge in [-0.1, -0.05) is 12.1 Å². The maximum Gasteiger partial charge on any atom is 0.190 e. The van der Waals surface area contributed by atoms with E-state index in [9.17, 15) is 4.79 Å². The molecule has 2 aromatic heterocycles. The average Bonchev–Trinajstić information content (AvgIpc) is 2.89. The van der Waals surface area contributed by atoms with E-state index < -0.39 is 0 Å². The molecule has 0 bridgehead atoms. The number of nitrogens with two attached hydrogens (primary N) is 1. The summed E-state index contributed by atoms with van der Waals surface area (Å²) < 4.78 is 5.14. The summed E-state index contributed by atoms with van der Waals surface area (Å²) in [6.45, 7) is 0. The predicted octanol–water partition coefficient (Wildman–Crippen LogP) is 2.02. The van der Waals surface area contributed by atoms with Gasteiger partial charge < -0.3 is 15.5 Å². The molecule has 6 heteroatoms. The minimum atomic E-state index is -0.104. The highest BCUT2D eigenvalue weighted by Crippen LogP contribution is 2.33. The van der Waals surface area contributed by atoms with E-state index in [0.29, 0.717) is 22.6 Å². The Bertz CT molecular complexity index is 818. The lowest BCUT2D eigenvalue weighted by molar-refractivity contribution is 0.415. The van der Waals surface area contributed by atoms with E-state index in [1.54, 1.807) is 19.5 Å². The number of nitrogens with one attached hydrogen (secondary N) is 2. The minimum absolute atomic E-state index is 0.104. The van der Waals surface area contributed by atoms with Crippen molar-refractivity contribution in [2.45, 2.75) is 0 Å². The molecule has 0 aliphatic carbocycles. The van der Waals surface area contributed by atoms with Crippen LogP contribution in [0.5, 0.6) is 5.75 Å². The molecule has 106 valence electrons. The molecule has 0 spiro atoms. The van der Waals surface area contributed by atoms with Gasteiger partial charge in [-0.2, -0.15) is 5.10 Å². The molecule has 0 radical (unpaired) electrons. The van der Waals surface area contributed by atoms with Gasteiger partial charge in [-0.05, 0) is 17.7 Å². The number of pyridine rings is 1. The molecule has 3 rings (SSSR count). The van der Waals surface area contributed by atoms with E-state index in [4.69, 9.17) is 10.5 Å². The molecule has 21 heavy (non-hydrogen) atoms. The monoisotopic (exact) mass is 282 g/mol. The fourth-order valence-electron chi connectivity index (χ4n) is 2.21. The number of H-pyrrole nitrogens is 2. The van der Waals surface area contributed by atoms with Crippen molar-refractivity contribution in [1.82, 2.24) is 15.2 Å². The van der Waals surface area contributed by atoms with Crippen LogP contribution in [0.4, 0.5) is 5.82 Å². The van der Waals surface area contributed by atoms with E-state index in [-0.39, 0.29) is 5.43 Å². The number of aromatic nitrogens is 3. The standard InChI is InChI=1S/C15H14N4O2/c1-21-10-4-2-9(3-5-10)13-14(18-19-15(13)16)11-8-17-7-6-12(11)20/h2-8H,1H3,(H,17,20)(H3,16,18,19). The van der Waals surface area contributed by atoms with Crippen molar-refractivity contribution in [2.24, 2.45) is 0 Å². The predicted molar refractivity (Wildman–Crippen MR) is 81.0 cm³/mol. The molecule has 0 saturated carbocycles. The Hall–Kier alpha value is -3.02. The van der Waals surface area contributed by atoms with Crippen LogP contribution in [0.1, 0.15) is 0 Å². The summed E-state index contributed by atoms with van der Waals surface area (Å²) in [6, 6.07) is 8.88. The Morgan fingerprint density at radius 2 is 1.95 bits per heavy atom. The van der Waals surface area contributed by atoms with Crippen LogP contribution in [-0.2, 0) is 0 Å². The number of methoxy groups -OCH3 is 1. The highest BCUT2D eigenvalue weighted by atomic mass is 16.5. The molecule has 0 atom stereocenters. The third-order valence-electron chi connectivity index (χ3n) is 3.27. The van der Waals surface area contributed by atoms with Gasteiger partial charge in [-0.15, -0.1) is 0 Å². The van der Waals surface area contributed by atoms with Gasteiger partial charge in [0.25, 0.3) is 0 Å². The number of rotatable bonds is 3. The van der Waals surface area contributed by atoms with Crippen LogP contribution >= 0.6 is 0 Å². The zero-order valence-corrected chi connectivity index (χ0v) is 11.4. The van der Waals surface area contributed by atoms with Crippen LogP contribution in [-0.4, -0.2) is 22.3 Å². The van der Waals surface area contributed by atoms with Crippen LogP contribution in [0.3, 0.4) is 0 Å². The molecule has 0 fully saturated rings. The Morgan fingerprint density at radius 3 is 2.62 bits per heavy atom. The molecule has 2 heterocycles. The quantitative estimate of drug-likeness (QED) is 0.684. The van der Waals surface area contributed by atoms with Crippen molar-refractivity contribution < 1.29 is 4.74 Å². The number of hydrogen-bond donors (Lipinski definition) is 3. The smallest absolute Gasteiger partial charge is 0.190 e. The number of benzene rings is 1. The number of nitrogens with zero attached hydrogens (tertiary/aromatic N) is 1. The number of hydrogen-bond acceptors (Lipinski definition) is 4. The first-order valence-electron chi connectivity index (χ1n) is 6.36. The van der Waals surface area contributed by atoms with Crippen molar-refractivity contribution in [3.05, 3.63) is 52.9 Å². The molecule has 1 aromatic carbocycles. The molecule has 6 nitrogen and oxygen atoms in total. The van der Waals surface area contributed by atoms with Gasteiger partial charge in [0.05, 0.1) is 23.9 Å². The van der Waals surface area contributed by atoms with E-state index >= 15 is 0 Å². The normalized spacial score (nSPS) is 10.5. The Morgan fingerprint density at radius 1 is 1.19 bits per heavy atom. The minimum Gasteiger partial charge on any atom is -0.497 e. The highest BCUT2D eigenvalue weighted by molar-refractivity contribution is 5.87. The SMILES string of the molecule is COc1ccc(-c2c(N)n[nH]c2-c2c[nH]ccc2=O)cc1. The fourth-order valence-corrected chi connectivity index (χ4v) is 2.21. The second-order valence-corrected chi connectivity index (χ2v) is 4.51. The summed E-state index contributed by atoms with van der Waals surface area (Å²) in [4.78, 5) is 14.9. The first-order valence-corrected chi connectivity index (χ1v) is 6.36. The highest BCUT2D eigenvalue weighted by Gasteiger charge is 2.16. The Balaban J connectivity index is 2.17. The van der Waals surface area contributed by atoms with Crippen molar-refractivity contribution >= 4 is 5.82 Å². The van der Waals surface area contributed by atoms with E-state index in [1.807, 2.05) is 24.3 Å². The third-order valence-corrected chi connectivity index (χ3v) is 3.27. The molecular weight excluding hydrogens is 268 g/mol. The molecule has 0 amide bonds. The summed E-state index contributed by atoms with van der Waals surface area (Å²) in [6.07, 6.45) is 3.21. The fraction of sp³-hybridized carbons (Fsp3) is 0.0667. The molecule has 0 aliphatic rings. The number of ether oxygens (including phenoxy) is 1. The van der Waals surface area contributed by atoms with Gasteiger partial charge in [0.1, 0.15) is 5.75 Å². The summed E-state index contributed by atoms with van der Waals surface area (Å²) >= 11 is 0. The van der Waals surface area contributed by atoms with Gasteiger partial charge >= 0.3 is 0 Å².